The zero-order valence-corrected chi connectivity index (χ0v) is 36.9. The average Bonchev–Trinajstić information content (AvgIpc) is 3.08. The van der Waals surface area contributed by atoms with Crippen molar-refractivity contribution >= 4 is 18.3 Å². The molecule has 3 amide bonds. The summed E-state index contributed by atoms with van der Waals surface area (Å²) < 4.78 is 0. The topological polar surface area (TPSA) is 220 Å². The quantitative estimate of drug-likeness (QED) is 0.0474. The normalized spacial score (nSPS) is 12.2. The molecule has 0 heterocycles. The van der Waals surface area contributed by atoms with Gasteiger partial charge in [0.2, 0.25) is 0 Å². The molecular formula is C42H81N9O6. The Kier molecular flexibility index (Phi) is 25.0. The minimum absolute atomic E-state index is 0.122. The Morgan fingerprint density at radius 2 is 0.544 bits per heavy atom. The van der Waals surface area contributed by atoms with Crippen LogP contribution in [0.25, 0.3) is 0 Å². The van der Waals surface area contributed by atoms with Crippen molar-refractivity contribution in [2.75, 3.05) is 78.5 Å². The third kappa shape index (κ3) is 22.5. The fourth-order valence-electron chi connectivity index (χ4n) is 7.42. The minimum Gasteiger partial charge on any atom is -0.465 e. The largest absolute Gasteiger partial charge is 0.465 e. The maximum atomic E-state index is 10.7. The smallest absolute Gasteiger partial charge is 0.404 e. The molecule has 1 aromatic rings. The minimum atomic E-state index is -0.987. The van der Waals surface area contributed by atoms with E-state index in [0.717, 1.165) is 117 Å². The number of carbonyl (C=O) groups is 3. The molecule has 0 aliphatic carbocycles. The summed E-state index contributed by atoms with van der Waals surface area (Å²) in [6.07, 6.45) is 2.17. The maximum absolute atomic E-state index is 10.7. The van der Waals surface area contributed by atoms with Crippen molar-refractivity contribution < 1.29 is 29.7 Å². The molecule has 0 aliphatic heterocycles. The molecule has 0 saturated heterocycles. The summed E-state index contributed by atoms with van der Waals surface area (Å²) in [5.41, 5.74) is 8.03. The zero-order valence-electron chi connectivity index (χ0n) is 36.9. The summed E-state index contributed by atoms with van der Waals surface area (Å²) >= 11 is 0. The number of rotatable bonds is 30. The Labute approximate surface area is 343 Å². The summed E-state index contributed by atoms with van der Waals surface area (Å²) in [6, 6.07) is 0. The van der Waals surface area contributed by atoms with E-state index in [0.29, 0.717) is 19.6 Å². The molecule has 0 unspecified atom stereocenters. The Morgan fingerprint density at radius 1 is 0.351 bits per heavy atom. The fourth-order valence-corrected chi connectivity index (χ4v) is 7.42. The van der Waals surface area contributed by atoms with Crippen LogP contribution in [0.3, 0.4) is 0 Å². The van der Waals surface area contributed by atoms with Crippen LogP contribution < -0.4 is 47.9 Å². The number of hydrogen-bond donors (Lipinski definition) is 12. The molecule has 1 aromatic carbocycles. The second kappa shape index (κ2) is 27.5. The lowest BCUT2D eigenvalue weighted by Gasteiger charge is -2.40. The van der Waals surface area contributed by atoms with E-state index in [4.69, 9.17) is 15.3 Å². The van der Waals surface area contributed by atoms with Gasteiger partial charge in [-0.1, -0.05) is 62.3 Å². The van der Waals surface area contributed by atoms with E-state index in [-0.39, 0.29) is 16.2 Å². The van der Waals surface area contributed by atoms with Gasteiger partial charge in [0, 0.05) is 39.3 Å². The molecule has 0 fully saturated rings. The highest BCUT2D eigenvalue weighted by Crippen LogP contribution is 2.45. The standard InChI is InChI=1S/C42H81N9O6/c1-40(2,3)34-31(28-46-22-10-16-43-19-13-25-49-37(52)53)35(41(4,5)6)33(30-48-24-12-18-45-21-15-27-51-39(56)57)36(42(7,8)9)32(34)29-47-23-11-17-44-20-14-26-50-38(54)55/h43-51H,10-30H2,1-9H3,(H,52,53)(H,54,55)(H,56,57). The van der Waals surface area contributed by atoms with Crippen molar-refractivity contribution in [2.45, 2.75) is 137 Å². The Hall–Kier alpha value is -3.21. The number of carboxylic acid groups (broad SMARTS) is 3. The van der Waals surface area contributed by atoms with Crippen molar-refractivity contribution in [3.8, 4) is 0 Å². The molecule has 15 heteroatoms. The first-order chi connectivity index (χ1) is 26.8. The summed E-state index contributed by atoms with van der Waals surface area (Å²) in [7, 11) is 0. The van der Waals surface area contributed by atoms with E-state index >= 15 is 0 Å². The third-order valence-corrected chi connectivity index (χ3v) is 9.51. The first-order valence-electron chi connectivity index (χ1n) is 21.1. The molecule has 0 saturated carbocycles. The lowest BCUT2D eigenvalue weighted by molar-refractivity contribution is 0.193. The highest BCUT2D eigenvalue weighted by molar-refractivity contribution is 5.65. The van der Waals surface area contributed by atoms with Crippen LogP contribution in [0.15, 0.2) is 0 Å². The van der Waals surface area contributed by atoms with Crippen molar-refractivity contribution in [1.82, 2.24) is 47.9 Å². The van der Waals surface area contributed by atoms with Gasteiger partial charge in [-0.05, 0) is 147 Å². The molecule has 0 atom stereocenters. The molecule has 0 aromatic heterocycles. The van der Waals surface area contributed by atoms with Gasteiger partial charge in [-0.15, -0.1) is 0 Å². The van der Waals surface area contributed by atoms with Gasteiger partial charge >= 0.3 is 18.3 Å². The molecule has 57 heavy (non-hydrogen) atoms. The van der Waals surface area contributed by atoms with E-state index in [1.165, 1.54) is 33.4 Å². The molecule has 15 nitrogen and oxygen atoms in total. The van der Waals surface area contributed by atoms with Gasteiger partial charge in [0.15, 0.2) is 0 Å². The van der Waals surface area contributed by atoms with Gasteiger partial charge in [0.25, 0.3) is 0 Å². The predicted molar refractivity (Wildman–Crippen MR) is 232 cm³/mol. The van der Waals surface area contributed by atoms with Crippen LogP contribution >= 0.6 is 0 Å². The molecule has 0 spiro atoms. The van der Waals surface area contributed by atoms with E-state index in [2.05, 4.69) is 110 Å². The Balaban J connectivity index is 3.35. The van der Waals surface area contributed by atoms with Gasteiger partial charge in [-0.25, -0.2) is 14.4 Å². The second-order valence-corrected chi connectivity index (χ2v) is 17.9. The molecule has 1 rings (SSSR count). The Bertz CT molecular complexity index is 1140. The van der Waals surface area contributed by atoms with Crippen LogP contribution in [-0.4, -0.2) is 112 Å². The van der Waals surface area contributed by atoms with Gasteiger partial charge in [-0.3, -0.25) is 0 Å². The first-order valence-corrected chi connectivity index (χ1v) is 21.1. The molecular weight excluding hydrogens is 727 g/mol. The number of hydrogen-bond acceptors (Lipinski definition) is 9. The molecule has 0 aliphatic rings. The van der Waals surface area contributed by atoms with E-state index < -0.39 is 18.3 Å². The van der Waals surface area contributed by atoms with E-state index in [1.54, 1.807) is 0 Å². The van der Waals surface area contributed by atoms with Gasteiger partial charge in [0.05, 0.1) is 0 Å². The van der Waals surface area contributed by atoms with Gasteiger partial charge < -0.3 is 63.2 Å². The summed E-state index contributed by atoms with van der Waals surface area (Å²) in [5, 5.41) is 55.4. The Morgan fingerprint density at radius 3 is 0.737 bits per heavy atom. The highest BCUT2D eigenvalue weighted by atomic mass is 16.4. The summed E-state index contributed by atoms with van der Waals surface area (Å²) in [5.74, 6) is 0. The second-order valence-electron chi connectivity index (χ2n) is 17.9. The monoisotopic (exact) mass is 808 g/mol. The van der Waals surface area contributed by atoms with Crippen LogP contribution in [-0.2, 0) is 35.9 Å². The van der Waals surface area contributed by atoms with E-state index in [1.807, 2.05) is 0 Å². The number of amides is 3. The van der Waals surface area contributed by atoms with Crippen LogP contribution in [0.5, 0.6) is 0 Å². The number of benzene rings is 1. The summed E-state index contributed by atoms with van der Waals surface area (Å²) in [4.78, 5) is 32.1. The highest BCUT2D eigenvalue weighted by Gasteiger charge is 2.36. The van der Waals surface area contributed by atoms with Gasteiger partial charge in [-0.2, -0.15) is 0 Å². The van der Waals surface area contributed by atoms with Crippen molar-refractivity contribution in [3.63, 3.8) is 0 Å². The lowest BCUT2D eigenvalue weighted by Crippen LogP contribution is -2.35. The fraction of sp³-hybridized carbons (Fsp3) is 0.786. The van der Waals surface area contributed by atoms with Crippen molar-refractivity contribution in [1.29, 1.82) is 0 Å². The molecule has 0 radical (unpaired) electrons. The number of nitrogens with one attached hydrogen (secondary N) is 9. The SMILES string of the molecule is CC(C)(C)c1c(CNCCCNCCCNC(=O)O)c(C(C)(C)C)c(CNCCCNCCCNC(=O)O)c(C(C)(C)C)c1CNCCCNCCCNC(=O)O. The van der Waals surface area contributed by atoms with E-state index in [9.17, 15) is 14.4 Å². The molecule has 12 N–H and O–H groups in total. The van der Waals surface area contributed by atoms with Crippen LogP contribution in [0.1, 0.15) is 134 Å². The van der Waals surface area contributed by atoms with Crippen molar-refractivity contribution in [3.05, 3.63) is 33.4 Å². The summed E-state index contributed by atoms with van der Waals surface area (Å²) in [6.45, 7) is 32.1. The van der Waals surface area contributed by atoms with Crippen molar-refractivity contribution in [2.24, 2.45) is 0 Å². The van der Waals surface area contributed by atoms with Crippen LogP contribution in [0.4, 0.5) is 14.4 Å². The zero-order chi connectivity index (χ0) is 42.9. The lowest BCUT2D eigenvalue weighted by atomic mass is 9.66. The van der Waals surface area contributed by atoms with Crippen LogP contribution in [0, 0.1) is 0 Å². The molecule has 0 bridgehead atoms. The van der Waals surface area contributed by atoms with Gasteiger partial charge in [0.1, 0.15) is 0 Å². The maximum Gasteiger partial charge on any atom is 0.404 e. The van der Waals surface area contributed by atoms with Crippen LogP contribution in [0.2, 0.25) is 0 Å². The predicted octanol–water partition coefficient (Wildman–Crippen LogP) is 4.76. The molecule has 330 valence electrons. The average molecular weight is 808 g/mol. The first kappa shape index (κ1) is 51.8. The third-order valence-electron chi connectivity index (χ3n) is 9.51.